The van der Waals surface area contributed by atoms with Gasteiger partial charge in [-0.25, -0.2) is 0 Å². The first-order valence-electron chi connectivity index (χ1n) is 6.14. The molecule has 2 rings (SSSR count). The minimum absolute atomic E-state index is 0.0192. The van der Waals surface area contributed by atoms with Gasteiger partial charge < -0.3 is 10.6 Å². The second-order valence-electron chi connectivity index (χ2n) is 4.48. The maximum Gasteiger partial charge on any atom is 0.238 e. The fourth-order valence-corrected chi connectivity index (χ4v) is 3.48. The van der Waals surface area contributed by atoms with Crippen molar-refractivity contribution in [2.24, 2.45) is 0 Å². The van der Waals surface area contributed by atoms with Crippen molar-refractivity contribution in [3.63, 3.8) is 0 Å². The van der Waals surface area contributed by atoms with E-state index >= 15 is 0 Å². The summed E-state index contributed by atoms with van der Waals surface area (Å²) >= 11 is 13.8. The van der Waals surface area contributed by atoms with Crippen LogP contribution in [-0.4, -0.2) is 30.0 Å². The minimum atomic E-state index is -0.133. The van der Waals surface area contributed by atoms with E-state index in [1.807, 2.05) is 13.0 Å². The summed E-state index contributed by atoms with van der Waals surface area (Å²) in [7, 11) is 0. The number of hydrogen-bond acceptors (Lipinski definition) is 3. The Morgan fingerprint density at radius 3 is 2.95 bits per heavy atom. The molecule has 1 fully saturated rings. The molecule has 2 unspecified atom stereocenters. The summed E-state index contributed by atoms with van der Waals surface area (Å²) in [5.41, 5.74) is 0.878. The zero-order chi connectivity index (χ0) is 13.8. The highest BCUT2D eigenvalue weighted by molar-refractivity contribution is 7.99. The van der Waals surface area contributed by atoms with Crippen LogP contribution in [0.5, 0.6) is 0 Å². The summed E-state index contributed by atoms with van der Waals surface area (Å²) in [5, 5.41) is 7.37. The van der Waals surface area contributed by atoms with Crippen LogP contribution in [0, 0.1) is 0 Å². The summed E-state index contributed by atoms with van der Waals surface area (Å²) in [6.07, 6.45) is 0. The third-order valence-corrected chi connectivity index (χ3v) is 4.65. The highest BCUT2D eigenvalue weighted by Crippen LogP contribution is 2.26. The molecule has 2 atom stereocenters. The van der Waals surface area contributed by atoms with E-state index in [4.69, 9.17) is 23.2 Å². The van der Waals surface area contributed by atoms with Crippen molar-refractivity contribution in [1.29, 1.82) is 0 Å². The highest BCUT2D eigenvalue weighted by Gasteiger charge is 2.23. The molecule has 0 radical (unpaired) electrons. The van der Waals surface area contributed by atoms with Gasteiger partial charge in [-0.3, -0.25) is 4.79 Å². The lowest BCUT2D eigenvalue weighted by atomic mass is 10.1. The number of amides is 1. The normalized spacial score (nSPS) is 20.9. The summed E-state index contributed by atoms with van der Waals surface area (Å²) < 4.78 is 0. The van der Waals surface area contributed by atoms with Crippen molar-refractivity contribution in [1.82, 2.24) is 10.6 Å². The summed E-state index contributed by atoms with van der Waals surface area (Å²) in [5.74, 6) is 1.89. The van der Waals surface area contributed by atoms with Gasteiger partial charge in [0.2, 0.25) is 5.91 Å². The number of rotatable bonds is 3. The topological polar surface area (TPSA) is 41.1 Å². The fraction of sp³-hybridized carbons (Fsp3) is 0.462. The number of hydrogen-bond donors (Lipinski definition) is 2. The summed E-state index contributed by atoms with van der Waals surface area (Å²) in [4.78, 5) is 12.1. The van der Waals surface area contributed by atoms with Crippen LogP contribution in [0.15, 0.2) is 18.2 Å². The Hall–Kier alpha value is -0.420. The SMILES string of the molecule is CC(NC(=O)C1CSCCN1)c1ccc(Cl)cc1Cl. The first kappa shape index (κ1) is 15.0. The van der Waals surface area contributed by atoms with Crippen LogP contribution >= 0.6 is 35.0 Å². The van der Waals surface area contributed by atoms with E-state index in [2.05, 4.69) is 10.6 Å². The van der Waals surface area contributed by atoms with Crippen LogP contribution in [0.4, 0.5) is 0 Å². The Morgan fingerprint density at radius 1 is 1.53 bits per heavy atom. The predicted octanol–water partition coefficient (Wildman–Crippen LogP) is 2.88. The Labute approximate surface area is 127 Å². The van der Waals surface area contributed by atoms with E-state index in [-0.39, 0.29) is 18.0 Å². The van der Waals surface area contributed by atoms with Crippen molar-refractivity contribution < 1.29 is 4.79 Å². The predicted molar refractivity (Wildman–Crippen MR) is 82.1 cm³/mol. The highest BCUT2D eigenvalue weighted by atomic mass is 35.5. The maximum atomic E-state index is 12.1. The van der Waals surface area contributed by atoms with Crippen LogP contribution < -0.4 is 10.6 Å². The van der Waals surface area contributed by atoms with Gasteiger partial charge in [0.25, 0.3) is 0 Å². The molecule has 1 aliphatic heterocycles. The third-order valence-electron chi connectivity index (χ3n) is 3.03. The van der Waals surface area contributed by atoms with Gasteiger partial charge in [-0.2, -0.15) is 11.8 Å². The maximum absolute atomic E-state index is 12.1. The summed E-state index contributed by atoms with van der Waals surface area (Å²) in [6, 6.07) is 5.06. The Kier molecular flexibility index (Phi) is 5.39. The Morgan fingerprint density at radius 2 is 2.32 bits per heavy atom. The van der Waals surface area contributed by atoms with Crippen LogP contribution in [-0.2, 0) is 4.79 Å². The van der Waals surface area contributed by atoms with E-state index < -0.39 is 0 Å². The monoisotopic (exact) mass is 318 g/mol. The number of benzene rings is 1. The van der Waals surface area contributed by atoms with E-state index in [0.29, 0.717) is 10.0 Å². The Bertz CT molecular complexity index is 464. The molecule has 1 heterocycles. The number of nitrogens with one attached hydrogen (secondary N) is 2. The van der Waals surface area contributed by atoms with Gasteiger partial charge in [-0.15, -0.1) is 0 Å². The zero-order valence-electron chi connectivity index (χ0n) is 10.6. The van der Waals surface area contributed by atoms with E-state index in [0.717, 1.165) is 23.6 Å². The molecule has 1 amide bonds. The molecular weight excluding hydrogens is 303 g/mol. The summed E-state index contributed by atoms with van der Waals surface area (Å²) in [6.45, 7) is 2.79. The molecule has 19 heavy (non-hydrogen) atoms. The van der Waals surface area contributed by atoms with Gasteiger partial charge in [-0.1, -0.05) is 29.3 Å². The lowest BCUT2D eigenvalue weighted by molar-refractivity contribution is -0.123. The smallest absolute Gasteiger partial charge is 0.238 e. The molecule has 0 saturated carbocycles. The average molecular weight is 319 g/mol. The van der Waals surface area contributed by atoms with Crippen LogP contribution in [0.2, 0.25) is 10.0 Å². The average Bonchev–Trinajstić information content (AvgIpc) is 2.39. The lowest BCUT2D eigenvalue weighted by Crippen LogP contribution is -2.49. The van der Waals surface area contributed by atoms with Crippen molar-refractivity contribution in [3.8, 4) is 0 Å². The largest absolute Gasteiger partial charge is 0.348 e. The molecule has 1 saturated heterocycles. The number of halogens is 2. The number of carbonyl (C=O) groups is 1. The first-order chi connectivity index (χ1) is 9.08. The van der Waals surface area contributed by atoms with Gasteiger partial charge in [0.05, 0.1) is 12.1 Å². The van der Waals surface area contributed by atoms with Gasteiger partial charge in [0.1, 0.15) is 0 Å². The van der Waals surface area contributed by atoms with Crippen LogP contribution in [0.25, 0.3) is 0 Å². The molecular formula is C13H16Cl2N2OS. The Balaban J connectivity index is 1.99. The van der Waals surface area contributed by atoms with Crippen LogP contribution in [0.1, 0.15) is 18.5 Å². The molecule has 0 spiro atoms. The third kappa shape index (κ3) is 4.02. The molecule has 0 aliphatic carbocycles. The number of thioether (sulfide) groups is 1. The molecule has 1 aliphatic rings. The van der Waals surface area contributed by atoms with E-state index in [1.54, 1.807) is 23.9 Å². The second kappa shape index (κ2) is 6.84. The molecule has 104 valence electrons. The lowest BCUT2D eigenvalue weighted by Gasteiger charge is -2.24. The molecule has 0 aromatic heterocycles. The van der Waals surface area contributed by atoms with Crippen molar-refractivity contribution in [3.05, 3.63) is 33.8 Å². The van der Waals surface area contributed by atoms with Gasteiger partial charge >= 0.3 is 0 Å². The molecule has 2 N–H and O–H groups in total. The standard InChI is InChI=1S/C13H16Cl2N2OS/c1-8(10-3-2-9(14)6-11(10)15)17-13(18)12-7-19-5-4-16-12/h2-3,6,8,12,16H,4-5,7H2,1H3,(H,17,18). The van der Waals surface area contributed by atoms with Gasteiger partial charge in [-0.05, 0) is 24.6 Å². The van der Waals surface area contributed by atoms with Crippen molar-refractivity contribution >= 4 is 40.9 Å². The van der Waals surface area contributed by atoms with E-state index in [1.165, 1.54) is 0 Å². The minimum Gasteiger partial charge on any atom is -0.348 e. The first-order valence-corrected chi connectivity index (χ1v) is 8.05. The van der Waals surface area contributed by atoms with Crippen molar-refractivity contribution in [2.75, 3.05) is 18.1 Å². The molecule has 0 bridgehead atoms. The fourth-order valence-electron chi connectivity index (χ4n) is 1.98. The quantitative estimate of drug-likeness (QED) is 0.900. The molecule has 3 nitrogen and oxygen atoms in total. The molecule has 1 aromatic carbocycles. The van der Waals surface area contributed by atoms with Gasteiger partial charge in [0, 0.05) is 28.1 Å². The second-order valence-corrected chi connectivity index (χ2v) is 6.47. The van der Waals surface area contributed by atoms with Crippen molar-refractivity contribution in [2.45, 2.75) is 19.0 Å². The molecule has 1 aromatic rings. The zero-order valence-corrected chi connectivity index (χ0v) is 12.9. The van der Waals surface area contributed by atoms with Gasteiger partial charge in [0.15, 0.2) is 0 Å². The molecule has 6 heteroatoms. The number of carbonyl (C=O) groups excluding carboxylic acids is 1. The van der Waals surface area contributed by atoms with E-state index in [9.17, 15) is 4.79 Å². The van der Waals surface area contributed by atoms with Crippen LogP contribution in [0.3, 0.4) is 0 Å².